The molecule has 2 N–H and O–H groups in total. The lowest BCUT2D eigenvalue weighted by atomic mass is 10.2. The molecule has 0 saturated carbocycles. The number of hydrogen-bond donors (Lipinski definition) is 2. The van der Waals surface area contributed by atoms with E-state index >= 15 is 0 Å². The predicted octanol–water partition coefficient (Wildman–Crippen LogP) is 0.723. The maximum Gasteiger partial charge on any atom is 0.217 e. The van der Waals surface area contributed by atoms with Crippen LogP contribution in [0, 0.1) is 0 Å². The van der Waals surface area contributed by atoms with Gasteiger partial charge >= 0.3 is 0 Å². The third-order valence-corrected chi connectivity index (χ3v) is 1.79. The number of aliphatic hydroxyl groups excluding tert-OH is 1. The van der Waals surface area contributed by atoms with Crippen molar-refractivity contribution in [1.29, 1.82) is 0 Å². The van der Waals surface area contributed by atoms with Crippen molar-refractivity contribution < 1.29 is 9.90 Å². The molecule has 80 valence electrons. The number of hydrogen-bond acceptors (Lipinski definition) is 3. The van der Waals surface area contributed by atoms with Gasteiger partial charge in [-0.25, -0.2) is 0 Å². The molecule has 0 aliphatic carbocycles. The molecular weight excluding hydrogens is 192 g/mol. The summed E-state index contributed by atoms with van der Waals surface area (Å²) in [5.41, 5.74) is 1.59. The fourth-order valence-electron chi connectivity index (χ4n) is 1.03. The fourth-order valence-corrected chi connectivity index (χ4v) is 1.03. The molecule has 0 spiro atoms. The summed E-state index contributed by atoms with van der Waals surface area (Å²) >= 11 is 0. The Kier molecular flexibility index (Phi) is 4.50. The van der Waals surface area contributed by atoms with Gasteiger partial charge in [0.25, 0.3) is 0 Å². The van der Waals surface area contributed by atoms with Crippen LogP contribution in [0.15, 0.2) is 24.4 Å². The van der Waals surface area contributed by atoms with Crippen LogP contribution in [-0.4, -0.2) is 22.5 Å². The maximum absolute atomic E-state index is 10.6. The van der Waals surface area contributed by atoms with Gasteiger partial charge in [-0.15, -0.1) is 0 Å². The Morgan fingerprint density at radius 2 is 2.40 bits per heavy atom. The molecule has 0 fully saturated rings. The summed E-state index contributed by atoms with van der Waals surface area (Å²) in [4.78, 5) is 14.6. The van der Waals surface area contributed by atoms with Gasteiger partial charge in [-0.2, -0.15) is 0 Å². The number of rotatable bonds is 4. The third-order valence-electron chi connectivity index (χ3n) is 1.79. The van der Waals surface area contributed by atoms with Crippen molar-refractivity contribution in [2.75, 3.05) is 6.54 Å². The molecule has 15 heavy (non-hydrogen) atoms. The van der Waals surface area contributed by atoms with Crippen molar-refractivity contribution >= 4 is 12.0 Å². The minimum absolute atomic E-state index is 0.0457. The Morgan fingerprint density at radius 1 is 1.60 bits per heavy atom. The highest BCUT2D eigenvalue weighted by Crippen LogP contribution is 2.01. The van der Waals surface area contributed by atoms with Gasteiger partial charge in [0.15, 0.2) is 0 Å². The molecule has 1 rings (SSSR count). The lowest BCUT2D eigenvalue weighted by molar-refractivity contribution is -0.118. The summed E-state index contributed by atoms with van der Waals surface area (Å²) in [6, 6.07) is 3.63. The lowest BCUT2D eigenvalue weighted by Crippen LogP contribution is -2.19. The number of aliphatic hydroxyl groups is 1. The first kappa shape index (κ1) is 11.4. The lowest BCUT2D eigenvalue weighted by Gasteiger charge is -1.97. The molecule has 0 aliphatic heterocycles. The topological polar surface area (TPSA) is 62.2 Å². The Hall–Kier alpha value is -1.68. The largest absolute Gasteiger partial charge is 0.390 e. The molecular formula is C11H14N2O2. The van der Waals surface area contributed by atoms with Gasteiger partial charge in [0.1, 0.15) is 0 Å². The quantitative estimate of drug-likeness (QED) is 0.763. The predicted molar refractivity (Wildman–Crippen MR) is 57.9 cm³/mol. The standard InChI is InChI=1S/C11H14N2O2/c1-9(15)12-6-2-3-10-4-5-11(8-14)13-7-10/h2-5,7,14H,6,8H2,1H3,(H,12,15). The summed E-state index contributed by atoms with van der Waals surface area (Å²) in [6.07, 6.45) is 5.39. The molecule has 0 aliphatic rings. The molecule has 0 saturated heterocycles. The number of nitrogens with zero attached hydrogens (tertiary/aromatic N) is 1. The second-order valence-corrected chi connectivity index (χ2v) is 3.08. The van der Waals surface area contributed by atoms with E-state index in [2.05, 4.69) is 10.3 Å². The van der Waals surface area contributed by atoms with E-state index in [1.807, 2.05) is 18.2 Å². The summed E-state index contributed by atoms with van der Waals surface area (Å²) in [5.74, 6) is -0.0478. The number of carbonyl (C=O) groups excluding carboxylic acids is 1. The van der Waals surface area contributed by atoms with E-state index in [-0.39, 0.29) is 12.5 Å². The average Bonchev–Trinajstić information content (AvgIpc) is 2.25. The van der Waals surface area contributed by atoms with Gasteiger partial charge < -0.3 is 10.4 Å². The van der Waals surface area contributed by atoms with Gasteiger partial charge in [-0.3, -0.25) is 9.78 Å². The molecule has 1 amide bonds. The second kappa shape index (κ2) is 5.93. The molecule has 0 bridgehead atoms. The van der Waals surface area contributed by atoms with Crippen LogP contribution >= 0.6 is 0 Å². The van der Waals surface area contributed by atoms with Crippen molar-refractivity contribution in [3.63, 3.8) is 0 Å². The summed E-state index contributed by atoms with van der Waals surface area (Å²) in [5, 5.41) is 11.4. The number of nitrogens with one attached hydrogen (secondary N) is 1. The molecule has 1 heterocycles. The molecule has 0 aromatic carbocycles. The van der Waals surface area contributed by atoms with E-state index in [0.717, 1.165) is 5.56 Å². The Balaban J connectivity index is 2.46. The zero-order valence-corrected chi connectivity index (χ0v) is 8.60. The third kappa shape index (κ3) is 4.37. The van der Waals surface area contributed by atoms with Gasteiger partial charge in [0.2, 0.25) is 5.91 Å². The van der Waals surface area contributed by atoms with Crippen LogP contribution in [0.2, 0.25) is 0 Å². The SMILES string of the molecule is CC(=O)NCC=Cc1ccc(CO)nc1. The normalized spacial score (nSPS) is 10.5. The highest BCUT2D eigenvalue weighted by Gasteiger charge is 1.91. The zero-order chi connectivity index (χ0) is 11.1. The van der Waals surface area contributed by atoms with E-state index in [1.54, 1.807) is 12.3 Å². The number of aromatic nitrogens is 1. The van der Waals surface area contributed by atoms with Gasteiger partial charge in [-0.05, 0) is 11.6 Å². The van der Waals surface area contributed by atoms with E-state index in [4.69, 9.17) is 5.11 Å². The summed E-state index contributed by atoms with van der Waals surface area (Å²) in [7, 11) is 0. The van der Waals surface area contributed by atoms with Gasteiger partial charge in [0.05, 0.1) is 12.3 Å². The van der Waals surface area contributed by atoms with Crippen molar-refractivity contribution in [1.82, 2.24) is 10.3 Å². The summed E-state index contributed by atoms with van der Waals surface area (Å²) in [6.45, 7) is 1.94. The summed E-state index contributed by atoms with van der Waals surface area (Å²) < 4.78 is 0. The van der Waals surface area contributed by atoms with Crippen molar-refractivity contribution in [2.24, 2.45) is 0 Å². The molecule has 0 radical (unpaired) electrons. The van der Waals surface area contributed by atoms with Crippen LogP contribution in [0.25, 0.3) is 6.08 Å². The van der Waals surface area contributed by atoms with Crippen molar-refractivity contribution in [3.8, 4) is 0 Å². The molecule has 0 unspecified atom stereocenters. The van der Waals surface area contributed by atoms with E-state index in [0.29, 0.717) is 12.2 Å². The van der Waals surface area contributed by atoms with Crippen LogP contribution in [-0.2, 0) is 11.4 Å². The van der Waals surface area contributed by atoms with Crippen LogP contribution in [0.1, 0.15) is 18.2 Å². The molecule has 1 aromatic heterocycles. The van der Waals surface area contributed by atoms with Crippen LogP contribution in [0.3, 0.4) is 0 Å². The minimum Gasteiger partial charge on any atom is -0.390 e. The zero-order valence-electron chi connectivity index (χ0n) is 8.60. The maximum atomic E-state index is 10.6. The van der Waals surface area contributed by atoms with Crippen LogP contribution in [0.5, 0.6) is 0 Å². The van der Waals surface area contributed by atoms with Crippen molar-refractivity contribution in [3.05, 3.63) is 35.7 Å². The first-order valence-corrected chi connectivity index (χ1v) is 4.69. The molecule has 0 atom stereocenters. The fraction of sp³-hybridized carbons (Fsp3) is 0.273. The van der Waals surface area contributed by atoms with Gasteiger partial charge in [0, 0.05) is 19.7 Å². The first-order chi connectivity index (χ1) is 7.22. The van der Waals surface area contributed by atoms with Gasteiger partial charge in [-0.1, -0.05) is 18.2 Å². The monoisotopic (exact) mass is 206 g/mol. The number of amides is 1. The minimum atomic E-state index is -0.0478. The Morgan fingerprint density at radius 3 is 2.93 bits per heavy atom. The molecule has 1 aromatic rings. The molecule has 4 nitrogen and oxygen atoms in total. The van der Waals surface area contributed by atoms with Crippen LogP contribution in [0.4, 0.5) is 0 Å². The number of carbonyl (C=O) groups is 1. The second-order valence-electron chi connectivity index (χ2n) is 3.08. The first-order valence-electron chi connectivity index (χ1n) is 4.69. The van der Waals surface area contributed by atoms with E-state index in [1.165, 1.54) is 6.92 Å². The average molecular weight is 206 g/mol. The Bertz CT molecular complexity index is 344. The Labute approximate surface area is 88.7 Å². The van der Waals surface area contributed by atoms with E-state index in [9.17, 15) is 4.79 Å². The highest BCUT2D eigenvalue weighted by atomic mass is 16.3. The smallest absolute Gasteiger partial charge is 0.217 e. The highest BCUT2D eigenvalue weighted by molar-refractivity contribution is 5.73. The molecule has 4 heteroatoms. The van der Waals surface area contributed by atoms with Crippen LogP contribution < -0.4 is 5.32 Å². The van der Waals surface area contributed by atoms with E-state index < -0.39 is 0 Å². The van der Waals surface area contributed by atoms with Crippen molar-refractivity contribution in [2.45, 2.75) is 13.5 Å². The number of pyridine rings is 1.